The zero-order valence-electron chi connectivity index (χ0n) is 14.2. The van der Waals surface area contributed by atoms with Crippen LogP contribution in [0, 0.1) is 11.8 Å². The number of aryl methyl sites for hydroxylation is 1. The summed E-state index contributed by atoms with van der Waals surface area (Å²) in [5.41, 5.74) is 2.84. The van der Waals surface area contributed by atoms with Crippen molar-refractivity contribution < 1.29 is 4.74 Å². The molecular weight excluding hydrogens is 258 g/mol. The third-order valence-corrected chi connectivity index (χ3v) is 5.17. The van der Waals surface area contributed by atoms with E-state index in [4.69, 9.17) is 4.74 Å². The molecule has 0 spiro atoms. The first-order valence-corrected chi connectivity index (χ1v) is 8.50. The van der Waals surface area contributed by atoms with Crippen molar-refractivity contribution in [3.8, 4) is 0 Å². The van der Waals surface area contributed by atoms with Crippen molar-refractivity contribution in [3.63, 3.8) is 0 Å². The second-order valence-corrected chi connectivity index (χ2v) is 6.59. The molecule has 1 fully saturated rings. The van der Waals surface area contributed by atoms with Gasteiger partial charge in [0.15, 0.2) is 0 Å². The number of ether oxygens (including phenoxy) is 1. The fourth-order valence-corrected chi connectivity index (χ4v) is 3.72. The van der Waals surface area contributed by atoms with Gasteiger partial charge in [0.05, 0.1) is 12.2 Å². The smallest absolute Gasteiger partial charge is 0.0600 e. The van der Waals surface area contributed by atoms with E-state index in [1.807, 2.05) is 0 Å². The van der Waals surface area contributed by atoms with Gasteiger partial charge in [0.2, 0.25) is 0 Å². The van der Waals surface area contributed by atoms with Crippen LogP contribution in [0.2, 0.25) is 0 Å². The van der Waals surface area contributed by atoms with Crippen LogP contribution >= 0.6 is 0 Å². The van der Waals surface area contributed by atoms with Gasteiger partial charge in [0.1, 0.15) is 0 Å². The lowest BCUT2D eigenvalue weighted by atomic mass is 9.80. The fraction of sp³-hybridized carbons (Fsp3) is 0.684. The molecule has 118 valence electrons. The minimum Gasteiger partial charge on any atom is -0.375 e. The topological polar surface area (TPSA) is 21.3 Å². The Hall–Kier alpha value is -0.860. The molecule has 21 heavy (non-hydrogen) atoms. The van der Waals surface area contributed by atoms with Crippen molar-refractivity contribution in [3.05, 3.63) is 35.4 Å². The summed E-state index contributed by atoms with van der Waals surface area (Å²) in [4.78, 5) is 0. The minimum absolute atomic E-state index is 0.312. The predicted octanol–water partition coefficient (Wildman–Crippen LogP) is 4.35. The maximum absolute atomic E-state index is 6.03. The van der Waals surface area contributed by atoms with Crippen molar-refractivity contribution in [1.29, 1.82) is 0 Å². The first-order valence-electron chi connectivity index (χ1n) is 8.50. The standard InChI is InChI=1S/C19H31NO/c1-6-7-8-16-9-11-17(12-10-16)19(20-5)18-13(2)14(3)21-15(18)4/h9-15,18-20H,6-8H2,1-5H3. The van der Waals surface area contributed by atoms with E-state index in [1.54, 1.807) is 0 Å². The van der Waals surface area contributed by atoms with Crippen molar-refractivity contribution in [2.75, 3.05) is 7.05 Å². The van der Waals surface area contributed by atoms with E-state index >= 15 is 0 Å². The minimum atomic E-state index is 0.312. The molecule has 0 aromatic heterocycles. The molecule has 0 aliphatic carbocycles. The average molecular weight is 289 g/mol. The molecule has 1 aromatic rings. The van der Waals surface area contributed by atoms with Gasteiger partial charge in [-0.15, -0.1) is 0 Å². The quantitative estimate of drug-likeness (QED) is 0.840. The molecule has 1 saturated heterocycles. The first-order chi connectivity index (χ1) is 10.1. The Kier molecular flexibility index (Phi) is 5.83. The highest BCUT2D eigenvalue weighted by Gasteiger charge is 2.41. The highest BCUT2D eigenvalue weighted by molar-refractivity contribution is 5.26. The molecule has 0 radical (unpaired) electrons. The maximum atomic E-state index is 6.03. The average Bonchev–Trinajstić information content (AvgIpc) is 2.74. The van der Waals surface area contributed by atoms with Gasteiger partial charge >= 0.3 is 0 Å². The lowest BCUT2D eigenvalue weighted by Gasteiger charge is -2.29. The summed E-state index contributed by atoms with van der Waals surface area (Å²) in [6.45, 7) is 8.97. The lowest BCUT2D eigenvalue weighted by molar-refractivity contribution is 0.0478. The van der Waals surface area contributed by atoms with Crippen LogP contribution in [0.1, 0.15) is 57.7 Å². The van der Waals surface area contributed by atoms with E-state index in [1.165, 1.54) is 30.4 Å². The Morgan fingerprint density at radius 2 is 1.76 bits per heavy atom. The summed E-state index contributed by atoms with van der Waals surface area (Å²) in [6.07, 6.45) is 4.39. The molecule has 2 heteroatoms. The third-order valence-electron chi connectivity index (χ3n) is 5.17. The number of rotatable bonds is 6. The van der Waals surface area contributed by atoms with Gasteiger partial charge < -0.3 is 10.1 Å². The maximum Gasteiger partial charge on any atom is 0.0600 e. The van der Waals surface area contributed by atoms with Crippen LogP contribution in [0.4, 0.5) is 0 Å². The van der Waals surface area contributed by atoms with Crippen LogP contribution in [0.25, 0.3) is 0 Å². The number of hydrogen-bond donors (Lipinski definition) is 1. The van der Waals surface area contributed by atoms with Gasteiger partial charge in [-0.05, 0) is 50.8 Å². The number of benzene rings is 1. The van der Waals surface area contributed by atoms with Crippen LogP contribution in [-0.2, 0) is 11.2 Å². The van der Waals surface area contributed by atoms with Gasteiger partial charge in [-0.25, -0.2) is 0 Å². The Labute approximate surface area is 130 Å². The van der Waals surface area contributed by atoms with Crippen molar-refractivity contribution in [1.82, 2.24) is 5.32 Å². The normalized spacial score (nSPS) is 30.5. The van der Waals surface area contributed by atoms with Gasteiger partial charge in [-0.2, -0.15) is 0 Å². The zero-order valence-corrected chi connectivity index (χ0v) is 14.2. The Bertz CT molecular complexity index is 428. The molecule has 0 bridgehead atoms. The Morgan fingerprint density at radius 1 is 1.10 bits per heavy atom. The summed E-state index contributed by atoms with van der Waals surface area (Å²) < 4.78 is 6.03. The molecular formula is C19H31NO. The summed E-state index contributed by atoms with van der Waals surface area (Å²) in [5.74, 6) is 1.11. The molecule has 5 unspecified atom stereocenters. The number of hydrogen-bond acceptors (Lipinski definition) is 2. The summed E-state index contributed by atoms with van der Waals surface area (Å²) in [6, 6.07) is 9.57. The monoisotopic (exact) mass is 289 g/mol. The number of unbranched alkanes of at least 4 members (excludes halogenated alkanes) is 1. The van der Waals surface area contributed by atoms with Gasteiger partial charge in [0, 0.05) is 12.0 Å². The van der Waals surface area contributed by atoms with E-state index in [0.29, 0.717) is 30.1 Å². The molecule has 5 atom stereocenters. The molecule has 1 N–H and O–H groups in total. The highest BCUT2D eigenvalue weighted by atomic mass is 16.5. The SMILES string of the molecule is CCCCc1ccc(C(NC)C2C(C)OC(C)C2C)cc1. The van der Waals surface area contributed by atoms with E-state index < -0.39 is 0 Å². The van der Waals surface area contributed by atoms with E-state index in [9.17, 15) is 0 Å². The van der Waals surface area contributed by atoms with Crippen LogP contribution in [-0.4, -0.2) is 19.3 Å². The summed E-state index contributed by atoms with van der Waals surface area (Å²) in [7, 11) is 2.07. The Morgan fingerprint density at radius 3 is 2.24 bits per heavy atom. The van der Waals surface area contributed by atoms with Crippen molar-refractivity contribution in [2.24, 2.45) is 11.8 Å². The molecule has 0 amide bonds. The highest BCUT2D eigenvalue weighted by Crippen LogP contribution is 2.40. The van der Waals surface area contributed by atoms with E-state index in [0.717, 1.165) is 0 Å². The summed E-state index contributed by atoms with van der Waals surface area (Å²) >= 11 is 0. The fourth-order valence-electron chi connectivity index (χ4n) is 3.72. The van der Waals surface area contributed by atoms with Crippen LogP contribution in [0.3, 0.4) is 0 Å². The second kappa shape index (κ2) is 7.42. The largest absolute Gasteiger partial charge is 0.375 e. The van der Waals surface area contributed by atoms with Gasteiger partial charge in [0.25, 0.3) is 0 Å². The molecule has 0 saturated carbocycles. The first kappa shape index (κ1) is 16.5. The zero-order chi connectivity index (χ0) is 15.4. The molecule has 1 aliphatic heterocycles. The van der Waals surface area contributed by atoms with Crippen LogP contribution in [0.5, 0.6) is 0 Å². The predicted molar refractivity (Wildman–Crippen MR) is 89.5 cm³/mol. The third kappa shape index (κ3) is 3.67. The summed E-state index contributed by atoms with van der Waals surface area (Å²) in [5, 5.41) is 3.52. The van der Waals surface area contributed by atoms with Crippen LogP contribution < -0.4 is 5.32 Å². The van der Waals surface area contributed by atoms with Crippen molar-refractivity contribution >= 4 is 0 Å². The van der Waals surface area contributed by atoms with Gasteiger partial charge in [-0.1, -0.05) is 44.5 Å². The lowest BCUT2D eigenvalue weighted by Crippen LogP contribution is -2.33. The van der Waals surface area contributed by atoms with E-state index in [2.05, 4.69) is 64.3 Å². The molecule has 1 aliphatic rings. The Balaban J connectivity index is 2.13. The molecule has 2 rings (SSSR count). The molecule has 2 nitrogen and oxygen atoms in total. The van der Waals surface area contributed by atoms with Crippen LogP contribution in [0.15, 0.2) is 24.3 Å². The molecule has 1 aromatic carbocycles. The number of nitrogens with one attached hydrogen (secondary N) is 1. The van der Waals surface area contributed by atoms with Gasteiger partial charge in [-0.3, -0.25) is 0 Å². The second-order valence-electron chi connectivity index (χ2n) is 6.59. The molecule has 1 heterocycles. The van der Waals surface area contributed by atoms with E-state index in [-0.39, 0.29) is 0 Å². The van der Waals surface area contributed by atoms with Crippen molar-refractivity contribution in [2.45, 2.75) is 65.2 Å².